The quantitative estimate of drug-likeness (QED) is 0.430. The van der Waals surface area contributed by atoms with Crippen LogP contribution >= 0.6 is 0 Å². The van der Waals surface area contributed by atoms with Gasteiger partial charge in [0.05, 0.1) is 21.1 Å². The zero-order chi connectivity index (χ0) is 17.1. The van der Waals surface area contributed by atoms with E-state index in [9.17, 15) is 4.79 Å². The Labute approximate surface area is 138 Å². The van der Waals surface area contributed by atoms with Crippen molar-refractivity contribution in [2.24, 2.45) is 0 Å². The first-order chi connectivity index (χ1) is 10.2. The zero-order valence-corrected chi connectivity index (χ0v) is 15.8. The number of amides is 1. The van der Waals surface area contributed by atoms with E-state index in [1.807, 2.05) is 0 Å². The van der Waals surface area contributed by atoms with E-state index in [1.165, 1.54) is 25.7 Å². The molecule has 4 heteroatoms. The molecule has 0 fully saturated rings. The van der Waals surface area contributed by atoms with E-state index in [0.717, 1.165) is 36.7 Å². The average Bonchev–Trinajstić information content (AvgIpc) is 2.40. The first-order valence-electron chi connectivity index (χ1n) is 8.98. The van der Waals surface area contributed by atoms with Gasteiger partial charge in [0.1, 0.15) is 13.2 Å². The minimum absolute atomic E-state index is 0.128. The molecule has 0 heterocycles. The summed E-state index contributed by atoms with van der Waals surface area (Å²) in [5, 5.41) is 3.12. The zero-order valence-electron chi connectivity index (χ0n) is 15.8. The predicted molar refractivity (Wildman–Crippen MR) is 94.1 cm³/mol. The average molecular weight is 316 g/mol. The number of carbonyl (C=O) groups excluding carboxylic acids is 1. The Morgan fingerprint density at radius 1 is 1.00 bits per heavy atom. The van der Waals surface area contributed by atoms with Crippen molar-refractivity contribution in [3.8, 4) is 0 Å². The molecule has 0 spiro atoms. The van der Waals surface area contributed by atoms with Gasteiger partial charge in [-0.3, -0.25) is 0 Å². The lowest BCUT2D eigenvalue weighted by Crippen LogP contribution is -2.47. The van der Waals surface area contributed by atoms with Crippen molar-refractivity contribution in [2.75, 3.05) is 34.3 Å². The molecular weight excluding hydrogens is 276 g/mol. The van der Waals surface area contributed by atoms with Crippen LogP contribution in [0.5, 0.6) is 0 Å². The van der Waals surface area contributed by atoms with Crippen LogP contribution in [-0.4, -0.2) is 50.4 Å². The second-order valence-electron chi connectivity index (χ2n) is 7.75. The Morgan fingerprint density at radius 2 is 1.59 bits per heavy atom. The van der Waals surface area contributed by atoms with Crippen LogP contribution in [0, 0.1) is 0 Å². The molecule has 1 N–H and O–H groups in total. The van der Waals surface area contributed by atoms with Crippen molar-refractivity contribution in [1.82, 2.24) is 5.32 Å². The molecule has 0 radical (unpaired) electrons. The Bertz CT molecular complexity index is 300. The fraction of sp³-hybridized carbons (Fsp3) is 0.944. The van der Waals surface area contributed by atoms with Gasteiger partial charge in [0, 0.05) is 5.54 Å². The molecule has 1 unspecified atom stereocenters. The van der Waals surface area contributed by atoms with Crippen LogP contribution in [0.3, 0.4) is 0 Å². The van der Waals surface area contributed by atoms with E-state index in [0.29, 0.717) is 6.61 Å². The lowest BCUT2D eigenvalue weighted by molar-refractivity contribution is -0.870. The summed E-state index contributed by atoms with van der Waals surface area (Å²) in [6, 6.07) is 0. The molecule has 1 amide bonds. The lowest BCUT2D eigenvalue weighted by atomic mass is 9.89. The van der Waals surface area contributed by atoms with Crippen molar-refractivity contribution in [3.63, 3.8) is 0 Å². The molecule has 0 aromatic heterocycles. The van der Waals surface area contributed by atoms with Gasteiger partial charge >= 0.3 is 6.09 Å². The summed E-state index contributed by atoms with van der Waals surface area (Å²) in [6.45, 7) is 7.87. The second kappa shape index (κ2) is 10.9. The molecule has 0 aliphatic heterocycles. The number of ether oxygens (including phenoxy) is 1. The number of nitrogens with one attached hydrogen (secondary N) is 1. The molecule has 0 aromatic carbocycles. The SMILES string of the molecule is CCCCCCC(C)(CCCC)NC(=O)OCC[N+](C)(C)C. The van der Waals surface area contributed by atoms with Crippen LogP contribution in [0.1, 0.15) is 72.1 Å². The standard InChI is InChI=1S/C18H38N2O2/c1-7-9-11-12-14-18(3,13-10-8-2)19-17(21)22-16-15-20(4,5)6/h7-16H2,1-6H3/p+1. The highest BCUT2D eigenvalue weighted by atomic mass is 16.5. The highest BCUT2D eigenvalue weighted by Gasteiger charge is 2.26. The largest absolute Gasteiger partial charge is 0.444 e. The van der Waals surface area contributed by atoms with E-state index in [2.05, 4.69) is 47.2 Å². The molecule has 22 heavy (non-hydrogen) atoms. The van der Waals surface area contributed by atoms with Crippen LogP contribution < -0.4 is 5.32 Å². The van der Waals surface area contributed by atoms with Gasteiger partial charge in [0.15, 0.2) is 0 Å². The molecule has 1 atom stereocenters. The molecule has 0 aromatic rings. The van der Waals surface area contributed by atoms with Crippen molar-refractivity contribution in [1.29, 1.82) is 0 Å². The summed E-state index contributed by atoms with van der Waals surface area (Å²) in [4.78, 5) is 12.1. The number of alkyl carbamates (subject to hydrolysis) is 1. The molecule has 0 aliphatic rings. The number of hydrogen-bond acceptors (Lipinski definition) is 2. The Hall–Kier alpha value is -0.770. The van der Waals surface area contributed by atoms with Crippen LogP contribution in [-0.2, 0) is 4.74 Å². The van der Waals surface area contributed by atoms with E-state index < -0.39 is 0 Å². The van der Waals surface area contributed by atoms with Crippen LogP contribution in [0.15, 0.2) is 0 Å². The maximum Gasteiger partial charge on any atom is 0.407 e. The molecule has 0 saturated carbocycles. The summed E-state index contributed by atoms with van der Waals surface area (Å²) in [7, 11) is 6.29. The monoisotopic (exact) mass is 315 g/mol. The highest BCUT2D eigenvalue weighted by molar-refractivity contribution is 5.68. The first kappa shape index (κ1) is 21.2. The fourth-order valence-corrected chi connectivity index (χ4v) is 2.45. The number of nitrogens with zero attached hydrogens (tertiary/aromatic N) is 1. The number of likely N-dealkylation sites (N-methyl/N-ethyl adjacent to an activating group) is 1. The van der Waals surface area contributed by atoms with Gasteiger partial charge in [-0.1, -0.05) is 52.4 Å². The van der Waals surface area contributed by atoms with Gasteiger partial charge < -0.3 is 14.5 Å². The number of quaternary nitrogens is 1. The van der Waals surface area contributed by atoms with Gasteiger partial charge in [0.25, 0.3) is 0 Å². The first-order valence-corrected chi connectivity index (χ1v) is 8.98. The van der Waals surface area contributed by atoms with Gasteiger partial charge in [-0.2, -0.15) is 0 Å². The molecule has 0 saturated heterocycles. The van der Waals surface area contributed by atoms with Gasteiger partial charge in [-0.15, -0.1) is 0 Å². The molecular formula is C18H39N2O2+. The maximum atomic E-state index is 12.1. The predicted octanol–water partition coefficient (Wildman–Crippen LogP) is 4.34. The van der Waals surface area contributed by atoms with E-state index >= 15 is 0 Å². The lowest BCUT2D eigenvalue weighted by Gasteiger charge is -2.31. The van der Waals surface area contributed by atoms with Crippen molar-refractivity contribution < 1.29 is 14.0 Å². The summed E-state index contributed by atoms with van der Waals surface area (Å²) in [5.41, 5.74) is -0.128. The van der Waals surface area contributed by atoms with Crippen LogP contribution in [0.2, 0.25) is 0 Å². The molecule has 0 bridgehead atoms. The van der Waals surface area contributed by atoms with E-state index in [4.69, 9.17) is 4.74 Å². The third-order valence-electron chi connectivity index (χ3n) is 4.06. The molecule has 4 nitrogen and oxygen atoms in total. The summed E-state index contributed by atoms with van der Waals surface area (Å²) >= 11 is 0. The van der Waals surface area contributed by atoms with Gasteiger partial charge in [-0.25, -0.2) is 4.79 Å². The fourth-order valence-electron chi connectivity index (χ4n) is 2.45. The third-order valence-corrected chi connectivity index (χ3v) is 4.06. The van der Waals surface area contributed by atoms with E-state index in [1.54, 1.807) is 0 Å². The smallest absolute Gasteiger partial charge is 0.407 e. The van der Waals surface area contributed by atoms with Crippen molar-refractivity contribution in [3.05, 3.63) is 0 Å². The minimum Gasteiger partial charge on any atom is -0.444 e. The summed E-state index contributed by atoms with van der Waals surface area (Å²) in [5.74, 6) is 0. The highest BCUT2D eigenvalue weighted by Crippen LogP contribution is 2.22. The summed E-state index contributed by atoms with van der Waals surface area (Å²) in [6.07, 6.45) is 9.04. The van der Waals surface area contributed by atoms with Crippen LogP contribution in [0.25, 0.3) is 0 Å². The molecule has 132 valence electrons. The van der Waals surface area contributed by atoms with Gasteiger partial charge in [0.2, 0.25) is 0 Å². The number of rotatable bonds is 12. The maximum absolute atomic E-state index is 12.1. The van der Waals surface area contributed by atoms with E-state index in [-0.39, 0.29) is 11.6 Å². The number of hydrogen-bond donors (Lipinski definition) is 1. The number of unbranched alkanes of at least 4 members (excludes halogenated alkanes) is 4. The number of carbonyl (C=O) groups is 1. The molecule has 0 aliphatic carbocycles. The van der Waals surface area contributed by atoms with Gasteiger partial charge in [-0.05, 0) is 19.8 Å². The Morgan fingerprint density at radius 3 is 2.14 bits per heavy atom. The normalized spacial score (nSPS) is 14.5. The second-order valence-corrected chi connectivity index (χ2v) is 7.75. The summed E-state index contributed by atoms with van der Waals surface area (Å²) < 4.78 is 6.16. The van der Waals surface area contributed by atoms with Crippen LogP contribution in [0.4, 0.5) is 4.79 Å². The van der Waals surface area contributed by atoms with Crippen molar-refractivity contribution in [2.45, 2.75) is 77.7 Å². The third kappa shape index (κ3) is 11.8. The molecule has 0 rings (SSSR count). The minimum atomic E-state index is -0.262. The Balaban J connectivity index is 4.27. The van der Waals surface area contributed by atoms with Crippen molar-refractivity contribution >= 4 is 6.09 Å². The Kier molecular flexibility index (Phi) is 10.5. The topological polar surface area (TPSA) is 38.3 Å².